The molecule has 5 rings (SSSR count). The Balaban J connectivity index is 1.39. The van der Waals surface area contributed by atoms with Gasteiger partial charge in [0.2, 0.25) is 5.89 Å². The van der Waals surface area contributed by atoms with Crippen molar-refractivity contribution in [3.8, 4) is 23.0 Å². The third kappa shape index (κ3) is 3.18. The van der Waals surface area contributed by atoms with E-state index in [1.54, 1.807) is 42.5 Å². The lowest BCUT2D eigenvalue weighted by atomic mass is 10.2. The largest absolute Gasteiger partial charge is 0.486 e. The molecular formula is C20H13N3O6. The molecule has 9 nitrogen and oxygen atoms in total. The molecule has 144 valence electrons. The van der Waals surface area contributed by atoms with Crippen molar-refractivity contribution in [3.05, 3.63) is 64.5 Å². The maximum Gasteiger partial charge on any atom is 0.322 e. The van der Waals surface area contributed by atoms with E-state index in [2.05, 4.69) is 15.5 Å². The predicted molar refractivity (Wildman–Crippen MR) is 101 cm³/mol. The van der Waals surface area contributed by atoms with Gasteiger partial charge >= 0.3 is 6.01 Å². The van der Waals surface area contributed by atoms with Gasteiger partial charge in [-0.2, -0.15) is 0 Å². The Hall–Kier alpha value is -4.14. The number of rotatable bonds is 3. The molecule has 2 aromatic carbocycles. The van der Waals surface area contributed by atoms with Crippen LogP contribution in [0.15, 0.2) is 62.2 Å². The molecule has 0 saturated carbocycles. The molecule has 9 heteroatoms. The third-order valence-corrected chi connectivity index (χ3v) is 4.29. The second-order valence-electron chi connectivity index (χ2n) is 6.20. The van der Waals surface area contributed by atoms with Gasteiger partial charge in [-0.05, 0) is 30.3 Å². The molecule has 0 saturated heterocycles. The van der Waals surface area contributed by atoms with Crippen LogP contribution in [-0.4, -0.2) is 29.3 Å². The molecule has 3 heterocycles. The Kier molecular flexibility index (Phi) is 3.98. The quantitative estimate of drug-likeness (QED) is 0.567. The summed E-state index contributed by atoms with van der Waals surface area (Å²) in [6.45, 7) is 0.951. The summed E-state index contributed by atoms with van der Waals surface area (Å²) < 4.78 is 22.0. The van der Waals surface area contributed by atoms with Crippen LogP contribution in [0.3, 0.4) is 0 Å². The van der Waals surface area contributed by atoms with Crippen molar-refractivity contribution in [3.63, 3.8) is 0 Å². The van der Waals surface area contributed by atoms with Crippen molar-refractivity contribution in [1.82, 2.24) is 10.2 Å². The minimum Gasteiger partial charge on any atom is -0.486 e. The van der Waals surface area contributed by atoms with E-state index in [0.29, 0.717) is 41.2 Å². The number of fused-ring (bicyclic) bond motifs is 2. The second-order valence-corrected chi connectivity index (χ2v) is 6.20. The first-order valence-electron chi connectivity index (χ1n) is 8.75. The molecule has 1 aliphatic rings. The fraction of sp³-hybridized carbons (Fsp3) is 0.100. The van der Waals surface area contributed by atoms with Crippen molar-refractivity contribution < 1.29 is 23.1 Å². The zero-order valence-corrected chi connectivity index (χ0v) is 14.9. The van der Waals surface area contributed by atoms with Gasteiger partial charge < -0.3 is 18.3 Å². The normalized spacial score (nSPS) is 12.7. The highest BCUT2D eigenvalue weighted by Crippen LogP contribution is 2.34. The van der Waals surface area contributed by atoms with Crippen LogP contribution in [-0.2, 0) is 0 Å². The zero-order valence-electron chi connectivity index (χ0n) is 14.9. The van der Waals surface area contributed by atoms with Gasteiger partial charge in [0.25, 0.3) is 5.91 Å². The minimum atomic E-state index is -0.676. The summed E-state index contributed by atoms with van der Waals surface area (Å²) in [5.41, 5.74) is 0.603. The molecular weight excluding hydrogens is 378 g/mol. The standard InChI is InChI=1S/C20H13N3O6/c24-13-10-17(28-14-4-2-1-3-12(13)14)18(25)21-20-23-22-19(29-20)11-5-6-15-16(9-11)27-8-7-26-15/h1-6,9-10H,7-8H2,(H,21,23,25). The van der Waals surface area contributed by atoms with Crippen LogP contribution in [0.25, 0.3) is 22.4 Å². The highest BCUT2D eigenvalue weighted by atomic mass is 16.6. The number of nitrogens with zero attached hydrogens (tertiary/aromatic N) is 2. The first-order valence-corrected chi connectivity index (χ1v) is 8.75. The monoisotopic (exact) mass is 391 g/mol. The highest BCUT2D eigenvalue weighted by Gasteiger charge is 2.18. The number of anilines is 1. The molecule has 4 aromatic rings. The fourth-order valence-electron chi connectivity index (χ4n) is 2.94. The Labute approximate surface area is 162 Å². The van der Waals surface area contributed by atoms with E-state index in [-0.39, 0.29) is 23.1 Å². The summed E-state index contributed by atoms with van der Waals surface area (Å²) in [5.74, 6) is 0.574. The summed E-state index contributed by atoms with van der Waals surface area (Å²) >= 11 is 0. The van der Waals surface area contributed by atoms with Crippen LogP contribution >= 0.6 is 0 Å². The number of amides is 1. The molecule has 1 amide bonds. The van der Waals surface area contributed by atoms with Gasteiger partial charge in [0.15, 0.2) is 22.7 Å². The predicted octanol–water partition coefficient (Wildman–Crippen LogP) is 2.87. The highest BCUT2D eigenvalue weighted by molar-refractivity contribution is 6.01. The van der Waals surface area contributed by atoms with Gasteiger partial charge in [-0.25, -0.2) is 0 Å². The van der Waals surface area contributed by atoms with Gasteiger partial charge in [-0.15, -0.1) is 5.10 Å². The number of nitrogens with one attached hydrogen (secondary N) is 1. The lowest BCUT2D eigenvalue weighted by molar-refractivity contribution is 0.0994. The smallest absolute Gasteiger partial charge is 0.322 e. The molecule has 0 fully saturated rings. The average molecular weight is 391 g/mol. The van der Waals surface area contributed by atoms with Crippen LogP contribution in [0.4, 0.5) is 6.01 Å². The van der Waals surface area contributed by atoms with E-state index in [4.69, 9.17) is 18.3 Å². The van der Waals surface area contributed by atoms with E-state index in [1.807, 2.05) is 0 Å². The Morgan fingerprint density at radius 2 is 1.76 bits per heavy atom. The average Bonchev–Trinajstić information content (AvgIpc) is 3.22. The molecule has 2 aromatic heterocycles. The number of hydrogen-bond donors (Lipinski definition) is 1. The van der Waals surface area contributed by atoms with Gasteiger partial charge in [-0.3, -0.25) is 14.9 Å². The molecule has 0 spiro atoms. The van der Waals surface area contributed by atoms with Crippen molar-refractivity contribution in [2.24, 2.45) is 0 Å². The van der Waals surface area contributed by atoms with E-state index in [0.717, 1.165) is 6.07 Å². The van der Waals surface area contributed by atoms with Crippen molar-refractivity contribution in [1.29, 1.82) is 0 Å². The lowest BCUT2D eigenvalue weighted by Gasteiger charge is -2.18. The number of carbonyl (C=O) groups is 1. The lowest BCUT2D eigenvalue weighted by Crippen LogP contribution is -2.15. The van der Waals surface area contributed by atoms with Crippen molar-refractivity contribution >= 4 is 22.9 Å². The van der Waals surface area contributed by atoms with Crippen LogP contribution in [0.2, 0.25) is 0 Å². The van der Waals surface area contributed by atoms with Gasteiger partial charge in [0, 0.05) is 11.6 Å². The summed E-state index contributed by atoms with van der Waals surface area (Å²) in [4.78, 5) is 24.6. The number of para-hydroxylation sites is 1. The Bertz CT molecular complexity index is 1290. The number of ether oxygens (including phenoxy) is 2. The van der Waals surface area contributed by atoms with Crippen molar-refractivity contribution in [2.75, 3.05) is 18.5 Å². The van der Waals surface area contributed by atoms with Crippen molar-refractivity contribution in [2.45, 2.75) is 0 Å². The van der Waals surface area contributed by atoms with E-state index < -0.39 is 5.91 Å². The molecule has 0 unspecified atom stereocenters. The fourth-order valence-corrected chi connectivity index (χ4v) is 2.94. The molecule has 0 atom stereocenters. The van der Waals surface area contributed by atoms with Crippen LogP contribution in [0.5, 0.6) is 11.5 Å². The van der Waals surface area contributed by atoms with Gasteiger partial charge in [-0.1, -0.05) is 17.2 Å². The third-order valence-electron chi connectivity index (χ3n) is 4.29. The maximum absolute atomic E-state index is 12.4. The van der Waals surface area contributed by atoms with Crippen LogP contribution < -0.4 is 20.2 Å². The SMILES string of the molecule is O=C(Nc1nnc(-c2ccc3c(c2)OCCO3)o1)c1cc(=O)c2ccccc2o1. The van der Waals surface area contributed by atoms with E-state index in [1.165, 1.54) is 0 Å². The molecule has 0 bridgehead atoms. The van der Waals surface area contributed by atoms with Gasteiger partial charge in [0.1, 0.15) is 18.8 Å². The minimum absolute atomic E-state index is 0.129. The Morgan fingerprint density at radius 1 is 0.931 bits per heavy atom. The summed E-state index contributed by atoms with van der Waals surface area (Å²) in [6, 6.07) is 12.9. The topological polar surface area (TPSA) is 117 Å². The molecule has 29 heavy (non-hydrogen) atoms. The molecule has 1 N–H and O–H groups in total. The summed E-state index contributed by atoms with van der Waals surface area (Å²) in [7, 11) is 0. The number of hydrogen-bond acceptors (Lipinski definition) is 8. The Morgan fingerprint density at radius 3 is 2.66 bits per heavy atom. The summed E-state index contributed by atoms with van der Waals surface area (Å²) in [5, 5.41) is 10.6. The first-order chi connectivity index (χ1) is 14.2. The van der Waals surface area contributed by atoms with Gasteiger partial charge in [0.05, 0.1) is 5.39 Å². The second kappa shape index (κ2) is 6.79. The first kappa shape index (κ1) is 17.0. The molecule has 0 radical (unpaired) electrons. The number of benzene rings is 2. The van der Waals surface area contributed by atoms with Crippen LogP contribution in [0.1, 0.15) is 10.6 Å². The number of carbonyl (C=O) groups excluding carboxylic acids is 1. The van der Waals surface area contributed by atoms with E-state index in [9.17, 15) is 9.59 Å². The van der Waals surface area contributed by atoms with E-state index >= 15 is 0 Å². The molecule has 0 aliphatic carbocycles. The van der Waals surface area contributed by atoms with Crippen LogP contribution in [0, 0.1) is 0 Å². The summed E-state index contributed by atoms with van der Waals surface area (Å²) in [6.07, 6.45) is 0. The number of aromatic nitrogens is 2. The maximum atomic E-state index is 12.4. The zero-order chi connectivity index (χ0) is 19.8. The molecule has 1 aliphatic heterocycles.